The number of hydrogen-bond acceptors (Lipinski definition) is 7. The lowest BCUT2D eigenvalue weighted by molar-refractivity contribution is -0.238. The molecule has 27 heavy (non-hydrogen) atoms. The summed E-state index contributed by atoms with van der Waals surface area (Å²) >= 11 is 0. The third kappa shape index (κ3) is 5.31. The van der Waals surface area contributed by atoms with Crippen LogP contribution in [0.25, 0.3) is 0 Å². The zero-order valence-electron chi connectivity index (χ0n) is 15.5. The van der Waals surface area contributed by atoms with Crippen molar-refractivity contribution >= 4 is 14.4 Å². The molecule has 1 aromatic carbocycles. The Hall–Kier alpha value is -1.41. The van der Waals surface area contributed by atoms with Crippen molar-refractivity contribution < 1.29 is 33.8 Å². The molecule has 0 aliphatic carbocycles. The molecule has 2 rings (SSSR count). The third-order valence-corrected chi connectivity index (χ3v) is 5.20. The number of carboxylic acids is 1. The summed E-state index contributed by atoms with van der Waals surface area (Å²) < 4.78 is 28.3. The summed E-state index contributed by atoms with van der Waals surface area (Å²) in [7, 11) is -0.552. The Bertz CT molecular complexity index is 630. The van der Waals surface area contributed by atoms with Crippen LogP contribution >= 0.6 is 8.46 Å². The van der Waals surface area contributed by atoms with E-state index in [0.717, 1.165) is 0 Å². The average Bonchev–Trinajstić information content (AvgIpc) is 2.68. The number of nitrogens with one attached hydrogen (secondary N) is 1. The minimum absolute atomic E-state index is 0.132. The topological polar surface area (TPSA) is 114 Å². The van der Waals surface area contributed by atoms with E-state index in [4.69, 9.17) is 14.2 Å². The lowest BCUT2D eigenvalue weighted by Crippen LogP contribution is -2.60. The quantitative estimate of drug-likeness (QED) is 0.402. The van der Waals surface area contributed by atoms with Crippen LogP contribution in [0.3, 0.4) is 0 Å². The summed E-state index contributed by atoms with van der Waals surface area (Å²) in [5.41, 5.74) is 0.951. The number of morpholine rings is 1. The SMILES string of the molecule is CCOC(OCC)C(O)(P=O)[C@@H]1CN[C@H](Cc2ccccc2C(=O)O)CO1. The standard InChI is InChI=1S/C18H26NO7P/c1-3-24-17(25-4-2)18(22,27-23)15-10-19-13(11-26-15)9-12-7-5-6-8-14(12)16(20)21/h5-8,13,15,17,19,22H,3-4,9-11H2,1-2H3,(H,20,21)/t13-,15+,18?/m1/s1. The van der Waals surface area contributed by atoms with Gasteiger partial charge in [-0.25, -0.2) is 4.79 Å². The molecule has 0 spiro atoms. The molecule has 1 fully saturated rings. The van der Waals surface area contributed by atoms with E-state index in [0.29, 0.717) is 12.0 Å². The summed E-state index contributed by atoms with van der Waals surface area (Å²) in [5, 5.41) is 21.5. The van der Waals surface area contributed by atoms with Crippen LogP contribution in [0.1, 0.15) is 29.8 Å². The number of ether oxygens (including phenoxy) is 3. The maximum absolute atomic E-state index is 11.7. The monoisotopic (exact) mass is 399 g/mol. The first kappa shape index (κ1) is 21.9. The molecule has 0 radical (unpaired) electrons. The Morgan fingerprint density at radius 2 is 2.04 bits per heavy atom. The van der Waals surface area contributed by atoms with Crippen LogP contribution in [0.2, 0.25) is 0 Å². The van der Waals surface area contributed by atoms with Gasteiger partial charge in [0.1, 0.15) is 6.10 Å². The van der Waals surface area contributed by atoms with E-state index in [9.17, 15) is 19.6 Å². The molecule has 0 aromatic heterocycles. The van der Waals surface area contributed by atoms with Gasteiger partial charge in [-0.1, -0.05) is 18.2 Å². The predicted octanol–water partition coefficient (Wildman–Crippen LogP) is 1.66. The number of hydrogen-bond donors (Lipinski definition) is 3. The second kappa shape index (κ2) is 10.2. The van der Waals surface area contributed by atoms with Crippen LogP contribution in [-0.2, 0) is 25.2 Å². The zero-order chi connectivity index (χ0) is 19.9. The molecule has 9 heteroatoms. The highest BCUT2D eigenvalue weighted by atomic mass is 31.1. The Morgan fingerprint density at radius 1 is 1.37 bits per heavy atom. The number of benzene rings is 1. The molecular formula is C18H26NO7P. The van der Waals surface area contributed by atoms with Crippen molar-refractivity contribution in [2.45, 2.75) is 44.0 Å². The highest BCUT2D eigenvalue weighted by Gasteiger charge is 2.49. The molecule has 1 aliphatic heterocycles. The van der Waals surface area contributed by atoms with Gasteiger partial charge in [0, 0.05) is 25.8 Å². The van der Waals surface area contributed by atoms with Crippen LogP contribution in [-0.4, -0.2) is 66.3 Å². The summed E-state index contributed by atoms with van der Waals surface area (Å²) in [4.78, 5) is 11.3. The van der Waals surface area contributed by atoms with Gasteiger partial charge >= 0.3 is 5.97 Å². The molecule has 1 aliphatic rings. The van der Waals surface area contributed by atoms with Crippen molar-refractivity contribution in [2.24, 2.45) is 0 Å². The van der Waals surface area contributed by atoms with Gasteiger partial charge in [0.05, 0.1) is 12.2 Å². The van der Waals surface area contributed by atoms with Crippen molar-refractivity contribution in [1.29, 1.82) is 0 Å². The number of carbonyl (C=O) groups is 1. The van der Waals surface area contributed by atoms with E-state index < -0.39 is 32.2 Å². The second-order valence-electron chi connectivity index (χ2n) is 6.21. The Morgan fingerprint density at radius 3 is 2.56 bits per heavy atom. The van der Waals surface area contributed by atoms with Gasteiger partial charge in [-0.2, -0.15) is 0 Å². The van der Waals surface area contributed by atoms with E-state index in [-0.39, 0.29) is 38.0 Å². The van der Waals surface area contributed by atoms with Crippen molar-refractivity contribution in [3.8, 4) is 0 Å². The molecule has 1 unspecified atom stereocenters. The molecule has 1 aromatic rings. The van der Waals surface area contributed by atoms with Crippen LogP contribution in [0.15, 0.2) is 24.3 Å². The maximum Gasteiger partial charge on any atom is 0.335 e. The molecule has 8 nitrogen and oxygen atoms in total. The molecule has 0 amide bonds. The van der Waals surface area contributed by atoms with Gasteiger partial charge < -0.3 is 29.7 Å². The molecule has 0 bridgehead atoms. The fourth-order valence-corrected chi connectivity index (χ4v) is 3.57. The normalized spacial score (nSPS) is 22.7. The van der Waals surface area contributed by atoms with Crippen molar-refractivity contribution in [3.63, 3.8) is 0 Å². The molecule has 0 saturated carbocycles. The van der Waals surface area contributed by atoms with Crippen LogP contribution < -0.4 is 5.32 Å². The molecule has 150 valence electrons. The summed E-state index contributed by atoms with van der Waals surface area (Å²) in [6, 6.07) is 6.67. The van der Waals surface area contributed by atoms with Gasteiger partial charge in [0.2, 0.25) is 5.34 Å². The summed E-state index contributed by atoms with van der Waals surface area (Å²) in [6.45, 7) is 4.53. The highest BCUT2D eigenvalue weighted by Crippen LogP contribution is 2.34. The predicted molar refractivity (Wildman–Crippen MR) is 98.2 cm³/mol. The number of aliphatic hydroxyl groups is 1. The second-order valence-corrected chi connectivity index (χ2v) is 7.11. The lowest BCUT2D eigenvalue weighted by Gasteiger charge is -2.40. The molecule has 3 N–H and O–H groups in total. The summed E-state index contributed by atoms with van der Waals surface area (Å²) in [5.74, 6) is -0.976. The lowest BCUT2D eigenvalue weighted by atomic mass is 9.99. The van der Waals surface area contributed by atoms with E-state index in [1.807, 2.05) is 0 Å². The van der Waals surface area contributed by atoms with Crippen LogP contribution in [0.4, 0.5) is 0 Å². The first-order valence-electron chi connectivity index (χ1n) is 8.92. The average molecular weight is 399 g/mol. The van der Waals surface area contributed by atoms with Crippen molar-refractivity contribution in [1.82, 2.24) is 5.32 Å². The van der Waals surface area contributed by atoms with Crippen LogP contribution in [0, 0.1) is 0 Å². The van der Waals surface area contributed by atoms with Crippen molar-refractivity contribution in [3.05, 3.63) is 35.4 Å². The Kier molecular flexibility index (Phi) is 8.28. The van der Waals surface area contributed by atoms with E-state index in [1.165, 1.54) is 0 Å². The van der Waals surface area contributed by atoms with Crippen molar-refractivity contribution in [2.75, 3.05) is 26.4 Å². The Labute approximate surface area is 160 Å². The third-order valence-electron chi connectivity index (χ3n) is 4.41. The first-order valence-corrected chi connectivity index (χ1v) is 9.73. The molecule has 1 saturated heterocycles. The molecule has 3 atom stereocenters. The highest BCUT2D eigenvalue weighted by molar-refractivity contribution is 7.25. The van der Waals surface area contributed by atoms with Gasteiger partial charge in [-0.05, 0) is 31.9 Å². The fraction of sp³-hybridized carbons (Fsp3) is 0.611. The van der Waals surface area contributed by atoms with Gasteiger partial charge in [-0.3, -0.25) is 4.57 Å². The first-order chi connectivity index (χ1) is 13.0. The zero-order valence-corrected chi connectivity index (χ0v) is 16.4. The maximum atomic E-state index is 11.7. The van der Waals surface area contributed by atoms with Gasteiger partial charge in [0.15, 0.2) is 14.8 Å². The smallest absolute Gasteiger partial charge is 0.335 e. The fourth-order valence-electron chi connectivity index (χ4n) is 3.05. The molecular weight excluding hydrogens is 373 g/mol. The van der Waals surface area contributed by atoms with E-state index in [1.54, 1.807) is 38.1 Å². The minimum Gasteiger partial charge on any atom is -0.478 e. The number of rotatable bonds is 10. The van der Waals surface area contributed by atoms with Crippen LogP contribution in [0.5, 0.6) is 0 Å². The minimum atomic E-state index is -1.84. The van der Waals surface area contributed by atoms with Gasteiger partial charge in [0.25, 0.3) is 0 Å². The number of aromatic carboxylic acids is 1. The van der Waals surface area contributed by atoms with Gasteiger partial charge in [-0.15, -0.1) is 0 Å². The Balaban J connectivity index is 2.03. The van der Waals surface area contributed by atoms with E-state index >= 15 is 0 Å². The van der Waals surface area contributed by atoms with E-state index in [2.05, 4.69) is 5.32 Å². The molecule has 1 heterocycles. The largest absolute Gasteiger partial charge is 0.478 e. The summed E-state index contributed by atoms with van der Waals surface area (Å²) in [6.07, 6.45) is -1.42. The number of carboxylic acid groups (broad SMARTS) is 1.